The standard InChI is InChI=1S/C17H25N5/c1-4-21(5-2)16-14-8-6-7-9-15(14)18-17(19-16)22-12-10-20(3)11-13-22/h6-9H,4-5,10-13H2,1-3H3/p+1. The summed E-state index contributed by atoms with van der Waals surface area (Å²) in [7, 11) is 2.25. The molecule has 1 N–H and O–H groups in total. The summed E-state index contributed by atoms with van der Waals surface area (Å²) < 4.78 is 0. The number of benzene rings is 1. The summed E-state index contributed by atoms with van der Waals surface area (Å²) in [6.45, 7) is 10.6. The molecule has 2 heterocycles. The highest BCUT2D eigenvalue weighted by atomic mass is 15.3. The van der Waals surface area contributed by atoms with Gasteiger partial charge in [0.2, 0.25) is 5.95 Å². The lowest BCUT2D eigenvalue weighted by Gasteiger charge is -2.31. The van der Waals surface area contributed by atoms with E-state index >= 15 is 0 Å². The second-order valence-electron chi connectivity index (χ2n) is 5.98. The van der Waals surface area contributed by atoms with E-state index in [0.717, 1.165) is 61.9 Å². The fraction of sp³-hybridized carbons (Fsp3) is 0.529. The van der Waals surface area contributed by atoms with Gasteiger partial charge < -0.3 is 14.7 Å². The summed E-state index contributed by atoms with van der Waals surface area (Å²) in [5.74, 6) is 1.95. The van der Waals surface area contributed by atoms with Crippen molar-refractivity contribution in [2.45, 2.75) is 13.8 Å². The van der Waals surface area contributed by atoms with E-state index in [9.17, 15) is 0 Å². The quantitative estimate of drug-likeness (QED) is 0.907. The number of anilines is 2. The highest BCUT2D eigenvalue weighted by molar-refractivity contribution is 5.90. The van der Waals surface area contributed by atoms with Crippen LogP contribution < -0.4 is 14.7 Å². The molecule has 0 saturated carbocycles. The van der Waals surface area contributed by atoms with Crippen LogP contribution >= 0.6 is 0 Å². The Hall–Kier alpha value is -1.88. The molecule has 1 fully saturated rings. The van der Waals surface area contributed by atoms with Gasteiger partial charge in [0.15, 0.2) is 0 Å². The van der Waals surface area contributed by atoms with E-state index < -0.39 is 0 Å². The van der Waals surface area contributed by atoms with Crippen LogP contribution in [0.25, 0.3) is 10.9 Å². The Morgan fingerprint density at radius 2 is 1.77 bits per heavy atom. The van der Waals surface area contributed by atoms with Crippen molar-refractivity contribution in [3.05, 3.63) is 24.3 Å². The number of fused-ring (bicyclic) bond motifs is 1. The number of hydrogen-bond donors (Lipinski definition) is 1. The molecule has 5 heteroatoms. The van der Waals surface area contributed by atoms with E-state index in [1.165, 1.54) is 0 Å². The third-order valence-corrected chi connectivity index (χ3v) is 4.53. The molecule has 0 unspecified atom stereocenters. The van der Waals surface area contributed by atoms with Gasteiger partial charge in [0.1, 0.15) is 5.82 Å². The van der Waals surface area contributed by atoms with Crippen molar-refractivity contribution in [1.82, 2.24) is 9.97 Å². The number of quaternary nitrogens is 1. The predicted molar refractivity (Wildman–Crippen MR) is 91.9 cm³/mol. The first kappa shape index (κ1) is 15.0. The normalized spacial score (nSPS) is 16.2. The monoisotopic (exact) mass is 300 g/mol. The number of aromatic nitrogens is 2. The van der Waals surface area contributed by atoms with Crippen LogP contribution in [0.5, 0.6) is 0 Å². The topological polar surface area (TPSA) is 36.7 Å². The van der Waals surface area contributed by atoms with Crippen molar-refractivity contribution < 1.29 is 4.90 Å². The molecule has 5 nitrogen and oxygen atoms in total. The summed E-state index contributed by atoms with van der Waals surface area (Å²) in [5.41, 5.74) is 1.04. The summed E-state index contributed by atoms with van der Waals surface area (Å²) in [5, 5.41) is 1.15. The third-order valence-electron chi connectivity index (χ3n) is 4.53. The molecule has 0 aliphatic carbocycles. The smallest absolute Gasteiger partial charge is 0.228 e. The highest BCUT2D eigenvalue weighted by Gasteiger charge is 2.21. The molecule has 1 saturated heterocycles. The van der Waals surface area contributed by atoms with Gasteiger partial charge in [-0.05, 0) is 26.0 Å². The Bertz CT molecular complexity index is 630. The molecule has 0 radical (unpaired) electrons. The predicted octanol–water partition coefficient (Wildman–Crippen LogP) is 0.811. The van der Waals surface area contributed by atoms with Gasteiger partial charge in [-0.1, -0.05) is 12.1 Å². The van der Waals surface area contributed by atoms with Crippen molar-refractivity contribution in [2.75, 3.05) is 56.1 Å². The Balaban J connectivity index is 2.04. The number of hydrogen-bond acceptors (Lipinski definition) is 4. The minimum Gasteiger partial charge on any atom is -0.356 e. The van der Waals surface area contributed by atoms with Crippen LogP contribution in [0, 0.1) is 0 Å². The summed E-state index contributed by atoms with van der Waals surface area (Å²) in [6.07, 6.45) is 0. The minimum atomic E-state index is 0.883. The maximum absolute atomic E-state index is 4.92. The van der Waals surface area contributed by atoms with Gasteiger partial charge in [-0.25, -0.2) is 4.98 Å². The Morgan fingerprint density at radius 1 is 1.09 bits per heavy atom. The molecule has 2 aromatic rings. The molecule has 1 aliphatic heterocycles. The number of likely N-dealkylation sites (N-methyl/N-ethyl adjacent to an activating group) is 1. The van der Waals surface area contributed by atoms with Crippen LogP contribution in [-0.2, 0) is 0 Å². The number of piperazine rings is 1. The number of nitrogens with zero attached hydrogens (tertiary/aromatic N) is 4. The fourth-order valence-electron chi connectivity index (χ4n) is 3.04. The van der Waals surface area contributed by atoms with Crippen molar-refractivity contribution in [1.29, 1.82) is 0 Å². The maximum Gasteiger partial charge on any atom is 0.228 e. The first-order valence-corrected chi connectivity index (χ1v) is 8.31. The van der Waals surface area contributed by atoms with Crippen LogP contribution in [0.3, 0.4) is 0 Å². The van der Waals surface area contributed by atoms with Gasteiger partial charge in [-0.2, -0.15) is 4.98 Å². The molecule has 118 valence electrons. The maximum atomic E-state index is 4.92. The zero-order valence-electron chi connectivity index (χ0n) is 13.8. The van der Waals surface area contributed by atoms with Gasteiger partial charge in [-0.15, -0.1) is 0 Å². The van der Waals surface area contributed by atoms with Crippen molar-refractivity contribution in [2.24, 2.45) is 0 Å². The van der Waals surface area contributed by atoms with Crippen molar-refractivity contribution in [3.8, 4) is 0 Å². The summed E-state index contributed by atoms with van der Waals surface area (Å²) >= 11 is 0. The van der Waals surface area contributed by atoms with E-state index in [0.29, 0.717) is 0 Å². The van der Waals surface area contributed by atoms with Crippen LogP contribution in [0.4, 0.5) is 11.8 Å². The molecule has 1 aromatic heterocycles. The molecule has 3 rings (SSSR count). The molecular weight excluding hydrogens is 274 g/mol. The fourth-order valence-corrected chi connectivity index (χ4v) is 3.04. The van der Waals surface area contributed by atoms with Crippen LogP contribution in [0.2, 0.25) is 0 Å². The SMILES string of the molecule is CCN(CC)c1nc(N2CC[NH+](C)CC2)nc2ccccc12. The zero-order chi connectivity index (χ0) is 15.5. The number of para-hydroxylation sites is 1. The molecule has 22 heavy (non-hydrogen) atoms. The average molecular weight is 300 g/mol. The molecule has 0 bridgehead atoms. The Kier molecular flexibility index (Phi) is 4.43. The molecule has 1 aromatic carbocycles. The third kappa shape index (κ3) is 2.86. The van der Waals surface area contributed by atoms with Crippen molar-refractivity contribution in [3.63, 3.8) is 0 Å². The molecule has 1 aliphatic rings. The van der Waals surface area contributed by atoms with Crippen molar-refractivity contribution >= 4 is 22.7 Å². The largest absolute Gasteiger partial charge is 0.356 e. The van der Waals surface area contributed by atoms with Gasteiger partial charge in [0.05, 0.1) is 38.7 Å². The second-order valence-corrected chi connectivity index (χ2v) is 5.98. The first-order valence-electron chi connectivity index (χ1n) is 8.31. The number of nitrogens with one attached hydrogen (secondary N) is 1. The Morgan fingerprint density at radius 3 is 2.45 bits per heavy atom. The first-order chi connectivity index (χ1) is 10.7. The van der Waals surface area contributed by atoms with Gasteiger partial charge >= 0.3 is 0 Å². The second kappa shape index (κ2) is 6.48. The zero-order valence-corrected chi connectivity index (χ0v) is 13.8. The molecule has 0 amide bonds. The van der Waals surface area contributed by atoms with Gasteiger partial charge in [-0.3, -0.25) is 0 Å². The summed E-state index contributed by atoms with van der Waals surface area (Å²) in [6, 6.07) is 8.34. The van der Waals surface area contributed by atoms with E-state index in [1.807, 2.05) is 0 Å². The van der Waals surface area contributed by atoms with E-state index in [2.05, 4.69) is 55.0 Å². The van der Waals surface area contributed by atoms with Crippen LogP contribution in [0.1, 0.15) is 13.8 Å². The van der Waals surface area contributed by atoms with E-state index in [4.69, 9.17) is 9.97 Å². The van der Waals surface area contributed by atoms with Crippen LogP contribution in [-0.4, -0.2) is 56.3 Å². The minimum absolute atomic E-state index is 0.883. The number of rotatable bonds is 4. The van der Waals surface area contributed by atoms with E-state index in [1.54, 1.807) is 4.90 Å². The lowest BCUT2D eigenvalue weighted by Crippen LogP contribution is -3.12. The van der Waals surface area contributed by atoms with Crippen LogP contribution in [0.15, 0.2) is 24.3 Å². The molecule has 0 atom stereocenters. The Labute approximate surface area is 132 Å². The molecular formula is C17H26N5+. The highest BCUT2D eigenvalue weighted by Crippen LogP contribution is 2.26. The average Bonchev–Trinajstić information content (AvgIpc) is 2.56. The summed E-state index contributed by atoms with van der Waals surface area (Å²) in [4.78, 5) is 16.0. The van der Waals surface area contributed by atoms with Gasteiger partial charge in [0, 0.05) is 18.5 Å². The van der Waals surface area contributed by atoms with E-state index in [-0.39, 0.29) is 0 Å². The van der Waals surface area contributed by atoms with Gasteiger partial charge in [0.25, 0.3) is 0 Å². The lowest BCUT2D eigenvalue weighted by atomic mass is 10.2. The lowest BCUT2D eigenvalue weighted by molar-refractivity contribution is -0.880. The molecule has 0 spiro atoms.